The van der Waals surface area contributed by atoms with E-state index in [1.807, 2.05) is 36.4 Å². The van der Waals surface area contributed by atoms with Gasteiger partial charge in [-0.25, -0.2) is 4.98 Å². The van der Waals surface area contributed by atoms with E-state index in [2.05, 4.69) is 76.9 Å². The highest BCUT2D eigenvalue weighted by Crippen LogP contribution is 2.34. The molecule has 1 aliphatic rings. The molecule has 6 heteroatoms. The smallest absolute Gasteiger partial charge is 0.104 e. The molecule has 6 rings (SSSR count). The van der Waals surface area contributed by atoms with Gasteiger partial charge in [-0.15, -0.1) is 0 Å². The Kier molecular flexibility index (Phi) is 8.53. The van der Waals surface area contributed by atoms with Crippen LogP contribution in [0.2, 0.25) is 0 Å². The molecule has 210 valence electrons. The second-order valence-electron chi connectivity index (χ2n) is 10.7. The number of pyridine rings is 1. The van der Waals surface area contributed by atoms with Gasteiger partial charge in [-0.2, -0.15) is 5.26 Å². The van der Waals surface area contributed by atoms with Gasteiger partial charge in [0, 0.05) is 30.6 Å². The van der Waals surface area contributed by atoms with Crippen LogP contribution in [-0.4, -0.2) is 49.3 Å². The number of rotatable bonds is 9. The van der Waals surface area contributed by atoms with Crippen molar-refractivity contribution in [1.29, 1.82) is 5.26 Å². The lowest BCUT2D eigenvalue weighted by molar-refractivity contribution is 0.0374. The van der Waals surface area contributed by atoms with E-state index < -0.39 is 0 Å². The van der Waals surface area contributed by atoms with E-state index >= 15 is 0 Å². The van der Waals surface area contributed by atoms with Crippen molar-refractivity contribution in [3.63, 3.8) is 0 Å². The first kappa shape index (κ1) is 27.6. The van der Waals surface area contributed by atoms with Crippen LogP contribution in [0.25, 0.3) is 44.4 Å². The van der Waals surface area contributed by atoms with Crippen molar-refractivity contribution in [2.24, 2.45) is 0 Å². The molecule has 0 aliphatic carbocycles. The molecule has 6 nitrogen and oxygen atoms in total. The number of aromatic nitrogens is 1. The third-order valence-corrected chi connectivity index (χ3v) is 7.92. The van der Waals surface area contributed by atoms with Crippen LogP contribution in [0.5, 0.6) is 0 Å². The SMILES string of the molecule is N#Cc1c(-c2ccc(-c3ccccc3)cc2)nc2cc(-c3cccc(CNCCCN4CCOCC4)c3)ccc2c1N. The zero-order chi connectivity index (χ0) is 28.7. The summed E-state index contributed by atoms with van der Waals surface area (Å²) in [5.41, 5.74) is 15.4. The van der Waals surface area contributed by atoms with Crippen LogP contribution in [0.3, 0.4) is 0 Å². The molecule has 2 heterocycles. The Hall–Kier alpha value is -4.54. The normalized spacial score (nSPS) is 13.7. The molecule has 1 aromatic heterocycles. The van der Waals surface area contributed by atoms with Crippen LogP contribution in [0.1, 0.15) is 17.5 Å². The highest BCUT2D eigenvalue weighted by atomic mass is 16.5. The van der Waals surface area contributed by atoms with Crippen LogP contribution in [0.15, 0.2) is 97.1 Å². The van der Waals surface area contributed by atoms with Gasteiger partial charge in [0.1, 0.15) is 11.6 Å². The zero-order valence-electron chi connectivity index (χ0n) is 23.7. The molecule has 5 aromatic rings. The zero-order valence-corrected chi connectivity index (χ0v) is 23.7. The van der Waals surface area contributed by atoms with Crippen molar-refractivity contribution >= 4 is 16.6 Å². The Morgan fingerprint density at radius 3 is 2.29 bits per heavy atom. The maximum atomic E-state index is 10.0. The van der Waals surface area contributed by atoms with Gasteiger partial charge < -0.3 is 15.8 Å². The highest BCUT2D eigenvalue weighted by Gasteiger charge is 2.16. The summed E-state index contributed by atoms with van der Waals surface area (Å²) in [7, 11) is 0. The van der Waals surface area contributed by atoms with E-state index in [1.54, 1.807) is 0 Å². The summed E-state index contributed by atoms with van der Waals surface area (Å²) in [6.45, 7) is 6.68. The predicted molar refractivity (Wildman–Crippen MR) is 171 cm³/mol. The molecule has 0 unspecified atom stereocenters. The summed E-state index contributed by atoms with van der Waals surface area (Å²) >= 11 is 0. The summed E-state index contributed by atoms with van der Waals surface area (Å²) in [5.74, 6) is 0. The van der Waals surface area contributed by atoms with Crippen LogP contribution in [-0.2, 0) is 11.3 Å². The standard InChI is InChI=1S/C36H35N5O/c37-24-33-35(38)32-15-14-31(30-9-4-6-26(22-30)25-39-16-5-17-41-18-20-42-21-19-41)23-34(32)40-36(33)29-12-10-28(11-13-29)27-7-2-1-3-8-27/h1-4,6-15,22-23,39H,5,16-21,25H2,(H2,38,40). The van der Waals surface area contributed by atoms with Crippen molar-refractivity contribution in [2.75, 3.05) is 45.1 Å². The minimum Gasteiger partial charge on any atom is -0.397 e. The third-order valence-electron chi connectivity index (χ3n) is 7.92. The van der Waals surface area contributed by atoms with Gasteiger partial charge in [-0.3, -0.25) is 4.90 Å². The number of nitrogen functional groups attached to an aromatic ring is 1. The molecule has 0 spiro atoms. The molecule has 1 aliphatic heterocycles. The van der Waals surface area contributed by atoms with Gasteiger partial charge in [0.15, 0.2) is 0 Å². The lowest BCUT2D eigenvalue weighted by atomic mass is 9.97. The van der Waals surface area contributed by atoms with E-state index in [0.29, 0.717) is 16.9 Å². The van der Waals surface area contributed by atoms with E-state index in [9.17, 15) is 5.26 Å². The summed E-state index contributed by atoms with van der Waals surface area (Å²) in [6.07, 6.45) is 1.12. The fraction of sp³-hybridized carbons (Fsp3) is 0.222. The highest BCUT2D eigenvalue weighted by molar-refractivity contribution is 5.98. The number of nitrogens with zero attached hydrogens (tertiary/aromatic N) is 3. The van der Waals surface area contributed by atoms with Crippen molar-refractivity contribution in [2.45, 2.75) is 13.0 Å². The summed E-state index contributed by atoms with van der Waals surface area (Å²) in [5, 5.41) is 14.4. The number of ether oxygens (including phenoxy) is 1. The maximum absolute atomic E-state index is 10.0. The first-order valence-electron chi connectivity index (χ1n) is 14.6. The largest absolute Gasteiger partial charge is 0.397 e. The molecule has 0 atom stereocenters. The van der Waals surface area contributed by atoms with E-state index in [4.69, 9.17) is 15.5 Å². The molecule has 42 heavy (non-hydrogen) atoms. The first-order valence-corrected chi connectivity index (χ1v) is 14.6. The number of nitrogens with one attached hydrogen (secondary N) is 1. The molecule has 4 aromatic carbocycles. The lowest BCUT2D eigenvalue weighted by Crippen LogP contribution is -2.37. The van der Waals surface area contributed by atoms with E-state index in [0.717, 1.165) is 91.1 Å². The number of morpholine rings is 1. The second kappa shape index (κ2) is 13.0. The van der Waals surface area contributed by atoms with Gasteiger partial charge in [0.05, 0.1) is 30.1 Å². The first-order chi connectivity index (χ1) is 20.7. The molecular formula is C36H35N5O. The van der Waals surface area contributed by atoms with Crippen LogP contribution in [0.4, 0.5) is 5.69 Å². The molecule has 1 fully saturated rings. The topological polar surface area (TPSA) is 87.2 Å². The lowest BCUT2D eigenvalue weighted by Gasteiger charge is -2.26. The van der Waals surface area contributed by atoms with Crippen molar-refractivity contribution in [3.8, 4) is 39.6 Å². The van der Waals surface area contributed by atoms with Gasteiger partial charge >= 0.3 is 0 Å². The fourth-order valence-electron chi connectivity index (χ4n) is 5.59. The average molecular weight is 554 g/mol. The quantitative estimate of drug-likeness (QED) is 0.203. The molecule has 0 radical (unpaired) electrons. The molecule has 3 N–H and O–H groups in total. The Labute approximate surface area is 247 Å². The second-order valence-corrected chi connectivity index (χ2v) is 10.7. The Bertz CT molecular complexity index is 1700. The molecular weight excluding hydrogens is 518 g/mol. The molecule has 1 saturated heterocycles. The van der Waals surface area contributed by atoms with E-state index in [-0.39, 0.29) is 0 Å². The molecule has 0 amide bonds. The minimum absolute atomic E-state index is 0.407. The number of hydrogen-bond donors (Lipinski definition) is 2. The summed E-state index contributed by atoms with van der Waals surface area (Å²) in [6, 6.07) is 35.4. The number of benzene rings is 4. The minimum atomic E-state index is 0.407. The summed E-state index contributed by atoms with van der Waals surface area (Å²) in [4.78, 5) is 7.44. The van der Waals surface area contributed by atoms with Crippen LogP contribution in [0, 0.1) is 11.3 Å². The van der Waals surface area contributed by atoms with Crippen molar-refractivity contribution in [3.05, 3.63) is 108 Å². The molecule has 0 bridgehead atoms. The number of hydrogen-bond acceptors (Lipinski definition) is 6. The Morgan fingerprint density at radius 2 is 1.50 bits per heavy atom. The van der Waals surface area contributed by atoms with Gasteiger partial charge in [0.2, 0.25) is 0 Å². The monoisotopic (exact) mass is 553 g/mol. The van der Waals surface area contributed by atoms with Crippen molar-refractivity contribution < 1.29 is 4.74 Å². The molecule has 0 saturated carbocycles. The van der Waals surface area contributed by atoms with Gasteiger partial charge in [-0.05, 0) is 59.5 Å². The Morgan fingerprint density at radius 1 is 0.810 bits per heavy atom. The van der Waals surface area contributed by atoms with Crippen LogP contribution >= 0.6 is 0 Å². The van der Waals surface area contributed by atoms with E-state index in [1.165, 1.54) is 5.56 Å². The maximum Gasteiger partial charge on any atom is 0.104 e. The summed E-state index contributed by atoms with van der Waals surface area (Å²) < 4.78 is 5.44. The number of fused-ring (bicyclic) bond motifs is 1. The Balaban J connectivity index is 1.21. The predicted octanol–water partition coefficient (Wildman–Crippen LogP) is 6.50. The van der Waals surface area contributed by atoms with Gasteiger partial charge in [-0.1, -0.05) is 84.9 Å². The van der Waals surface area contributed by atoms with Crippen LogP contribution < -0.4 is 11.1 Å². The van der Waals surface area contributed by atoms with Crippen molar-refractivity contribution in [1.82, 2.24) is 15.2 Å². The number of nitriles is 1. The average Bonchev–Trinajstić information content (AvgIpc) is 3.05. The number of anilines is 1. The van der Waals surface area contributed by atoms with Gasteiger partial charge in [0.25, 0.3) is 0 Å². The number of nitrogens with two attached hydrogens (primary N) is 1. The third kappa shape index (κ3) is 6.19. The fourth-order valence-corrected chi connectivity index (χ4v) is 5.59.